The Labute approximate surface area is 172 Å². The van der Waals surface area contributed by atoms with Crippen molar-refractivity contribution in [1.82, 2.24) is 20.1 Å². The monoisotopic (exact) mass is 410 g/mol. The van der Waals surface area contributed by atoms with Crippen LogP contribution in [0, 0.1) is 0 Å². The first-order valence-corrected chi connectivity index (χ1v) is 9.06. The second kappa shape index (κ2) is 8.95. The molecule has 0 saturated heterocycles. The number of nitrogen functional groups attached to an aromatic ring is 1. The van der Waals surface area contributed by atoms with E-state index in [-0.39, 0.29) is 11.6 Å². The van der Waals surface area contributed by atoms with E-state index in [1.54, 1.807) is 23.9 Å². The molecule has 0 saturated carbocycles. The summed E-state index contributed by atoms with van der Waals surface area (Å²) in [6.07, 6.45) is 1.36. The number of hydrogen-bond acceptors (Lipinski definition) is 7. The second-order valence-electron chi connectivity index (χ2n) is 6.43. The molecule has 0 fully saturated rings. The molecule has 0 bridgehead atoms. The number of nitrogens with zero attached hydrogens (tertiary/aromatic N) is 3. The maximum Gasteiger partial charge on any atom is 0.411 e. The molecule has 0 aliphatic rings. The smallest absolute Gasteiger partial charge is 0.411 e. The molecule has 0 aliphatic heterocycles. The third-order valence-electron chi connectivity index (χ3n) is 4.23. The summed E-state index contributed by atoms with van der Waals surface area (Å²) >= 11 is 0. The van der Waals surface area contributed by atoms with Gasteiger partial charge in [-0.1, -0.05) is 6.07 Å². The number of hydrogen-bond donors (Lipinski definition) is 3. The van der Waals surface area contributed by atoms with Gasteiger partial charge in [0.25, 0.3) is 5.91 Å². The Hall–Kier alpha value is -4.08. The number of pyridine rings is 1. The van der Waals surface area contributed by atoms with Crippen LogP contribution in [0.1, 0.15) is 16.1 Å². The van der Waals surface area contributed by atoms with Gasteiger partial charge in [-0.25, -0.2) is 9.78 Å². The minimum atomic E-state index is -0.999. The van der Waals surface area contributed by atoms with Crippen LogP contribution in [-0.2, 0) is 13.5 Å². The average Bonchev–Trinajstić information content (AvgIpc) is 3.13. The van der Waals surface area contributed by atoms with Gasteiger partial charge in [0, 0.05) is 31.4 Å². The topological polar surface area (TPSA) is 147 Å². The molecular weight excluding hydrogens is 388 g/mol. The van der Waals surface area contributed by atoms with E-state index < -0.39 is 12.0 Å². The van der Waals surface area contributed by atoms with Crippen LogP contribution in [0.4, 0.5) is 10.5 Å². The van der Waals surface area contributed by atoms with Gasteiger partial charge in [-0.15, -0.1) is 0 Å². The number of carbonyl (C=O) groups excluding carboxylic acids is 2. The summed E-state index contributed by atoms with van der Waals surface area (Å²) in [7, 11) is 3.39. The molecule has 2 aromatic heterocycles. The number of amides is 2. The lowest BCUT2D eigenvalue weighted by Crippen LogP contribution is -2.27. The molecule has 0 spiro atoms. The van der Waals surface area contributed by atoms with Gasteiger partial charge in [0.15, 0.2) is 5.75 Å². The van der Waals surface area contributed by atoms with E-state index in [1.165, 1.54) is 12.1 Å². The number of benzene rings is 1. The molecule has 5 N–H and O–H groups in total. The van der Waals surface area contributed by atoms with E-state index in [9.17, 15) is 9.59 Å². The van der Waals surface area contributed by atoms with E-state index in [2.05, 4.69) is 20.1 Å². The fourth-order valence-electron chi connectivity index (χ4n) is 2.95. The molecule has 10 nitrogen and oxygen atoms in total. The van der Waals surface area contributed by atoms with Gasteiger partial charge in [0.1, 0.15) is 5.69 Å². The van der Waals surface area contributed by atoms with Gasteiger partial charge >= 0.3 is 6.09 Å². The minimum Gasteiger partial charge on any atom is -0.494 e. The van der Waals surface area contributed by atoms with Crippen molar-refractivity contribution in [3.8, 4) is 22.9 Å². The molecule has 0 unspecified atom stereocenters. The number of methoxy groups -OCH3 is 1. The zero-order chi connectivity index (χ0) is 21.7. The van der Waals surface area contributed by atoms with Crippen molar-refractivity contribution in [1.29, 1.82) is 0 Å². The van der Waals surface area contributed by atoms with E-state index in [1.807, 2.05) is 25.4 Å². The van der Waals surface area contributed by atoms with E-state index in [0.717, 1.165) is 16.8 Å². The van der Waals surface area contributed by atoms with Gasteiger partial charge < -0.3 is 26.3 Å². The predicted octanol–water partition coefficient (Wildman–Crippen LogP) is 1.50. The summed E-state index contributed by atoms with van der Waals surface area (Å²) in [5, 5.41) is 7.18. The third kappa shape index (κ3) is 4.85. The first-order chi connectivity index (χ1) is 14.4. The molecule has 0 radical (unpaired) electrons. The molecule has 3 rings (SSSR count). The van der Waals surface area contributed by atoms with Gasteiger partial charge in [-0.3, -0.25) is 9.48 Å². The second-order valence-corrected chi connectivity index (χ2v) is 6.43. The number of nitrogens with one attached hydrogen (secondary N) is 1. The fourth-order valence-corrected chi connectivity index (χ4v) is 2.95. The summed E-state index contributed by atoms with van der Waals surface area (Å²) in [6, 6.07) is 10.1. The number of primary amides is 1. The summed E-state index contributed by atoms with van der Waals surface area (Å²) in [6.45, 7) is 0.342. The van der Waals surface area contributed by atoms with Crippen LogP contribution in [0.25, 0.3) is 11.3 Å². The lowest BCUT2D eigenvalue weighted by Gasteiger charge is -2.13. The SMILES string of the molecule is COc1c(N)cc(CCNC(=O)c2cccc(OC(N)=O)n2)cc1-c1ccn(C)n1. The Balaban J connectivity index is 1.69. The highest BCUT2D eigenvalue weighted by Crippen LogP contribution is 2.35. The molecule has 10 heteroatoms. The van der Waals surface area contributed by atoms with E-state index in [0.29, 0.717) is 24.4 Å². The Morgan fingerprint density at radius 1 is 1.23 bits per heavy atom. The third-order valence-corrected chi connectivity index (χ3v) is 4.23. The number of rotatable bonds is 7. The molecule has 0 aliphatic carbocycles. The number of ether oxygens (including phenoxy) is 2. The summed E-state index contributed by atoms with van der Waals surface area (Å²) in [4.78, 5) is 27.1. The first kappa shape index (κ1) is 20.6. The highest BCUT2D eigenvalue weighted by Gasteiger charge is 2.14. The first-order valence-electron chi connectivity index (χ1n) is 9.06. The number of aryl methyl sites for hydroxylation is 1. The molecule has 156 valence electrons. The maximum absolute atomic E-state index is 12.3. The van der Waals surface area contributed by atoms with Crippen LogP contribution in [0.3, 0.4) is 0 Å². The molecule has 2 amide bonds. The summed E-state index contributed by atoms with van der Waals surface area (Å²) in [5.74, 6) is 0.103. The van der Waals surface area contributed by atoms with Crippen LogP contribution >= 0.6 is 0 Å². The van der Waals surface area contributed by atoms with Gasteiger partial charge in [-0.05, 0) is 36.2 Å². The molecule has 30 heavy (non-hydrogen) atoms. The Kier molecular flexibility index (Phi) is 6.16. The Morgan fingerprint density at radius 2 is 2.03 bits per heavy atom. The molecule has 0 atom stereocenters. The minimum absolute atomic E-state index is 0.0434. The van der Waals surface area contributed by atoms with Crippen molar-refractivity contribution in [2.45, 2.75) is 6.42 Å². The number of aromatic nitrogens is 3. The number of anilines is 1. The highest BCUT2D eigenvalue weighted by molar-refractivity contribution is 5.92. The van der Waals surface area contributed by atoms with Crippen LogP contribution < -0.4 is 26.3 Å². The van der Waals surface area contributed by atoms with Crippen LogP contribution in [0.5, 0.6) is 11.6 Å². The van der Waals surface area contributed by atoms with Crippen molar-refractivity contribution in [2.75, 3.05) is 19.4 Å². The molecular formula is C20H22N6O4. The zero-order valence-corrected chi connectivity index (χ0v) is 16.6. The quantitative estimate of drug-likeness (QED) is 0.500. The lowest BCUT2D eigenvalue weighted by molar-refractivity contribution is 0.0948. The van der Waals surface area contributed by atoms with Crippen molar-refractivity contribution in [3.05, 3.63) is 53.9 Å². The number of nitrogens with two attached hydrogens (primary N) is 2. The van der Waals surface area contributed by atoms with Gasteiger partial charge in [0.05, 0.1) is 18.5 Å². The maximum atomic E-state index is 12.3. The van der Waals surface area contributed by atoms with E-state index >= 15 is 0 Å². The molecule has 1 aromatic carbocycles. The molecule has 2 heterocycles. The van der Waals surface area contributed by atoms with Crippen molar-refractivity contribution < 1.29 is 19.1 Å². The van der Waals surface area contributed by atoms with Crippen LogP contribution in [0.15, 0.2) is 42.6 Å². The van der Waals surface area contributed by atoms with Crippen LogP contribution in [0.2, 0.25) is 0 Å². The van der Waals surface area contributed by atoms with Crippen molar-refractivity contribution in [2.24, 2.45) is 12.8 Å². The van der Waals surface area contributed by atoms with Crippen molar-refractivity contribution in [3.63, 3.8) is 0 Å². The van der Waals surface area contributed by atoms with Crippen LogP contribution in [-0.4, -0.2) is 40.4 Å². The largest absolute Gasteiger partial charge is 0.494 e. The van der Waals surface area contributed by atoms with Gasteiger partial charge in [0.2, 0.25) is 5.88 Å². The predicted molar refractivity (Wildman–Crippen MR) is 110 cm³/mol. The summed E-state index contributed by atoms with van der Waals surface area (Å²) < 4.78 is 11.8. The average molecular weight is 410 g/mol. The highest BCUT2D eigenvalue weighted by atomic mass is 16.6. The normalized spacial score (nSPS) is 10.5. The molecule has 3 aromatic rings. The van der Waals surface area contributed by atoms with Gasteiger partial charge in [-0.2, -0.15) is 5.10 Å². The van der Waals surface area contributed by atoms with Crippen molar-refractivity contribution >= 4 is 17.7 Å². The Morgan fingerprint density at radius 3 is 2.70 bits per heavy atom. The summed E-state index contributed by atoms with van der Waals surface area (Å²) in [5.41, 5.74) is 14.1. The lowest BCUT2D eigenvalue weighted by atomic mass is 10.0. The standard InChI is InChI=1S/C20H22N6O4/c1-26-9-7-15(25-26)13-10-12(11-14(21)18(13)29-2)6-8-23-19(27)16-4-3-5-17(24-16)30-20(22)28/h3-5,7,9-11H,6,8,21H2,1-2H3,(H2,22,28)(H,23,27). The Bertz CT molecular complexity index is 1080. The number of carbonyl (C=O) groups is 2. The zero-order valence-electron chi connectivity index (χ0n) is 16.6. The van der Waals surface area contributed by atoms with E-state index in [4.69, 9.17) is 16.2 Å². The fraction of sp³-hybridized carbons (Fsp3) is 0.200.